The molecule has 1 aliphatic heterocycles. The molecule has 0 saturated carbocycles. The van der Waals surface area contributed by atoms with Crippen molar-refractivity contribution < 1.29 is 9.31 Å². The third-order valence-corrected chi connectivity index (χ3v) is 2.71. The van der Waals surface area contributed by atoms with Crippen LogP contribution in [0.4, 0.5) is 0 Å². The van der Waals surface area contributed by atoms with Crippen molar-refractivity contribution in [3.8, 4) is 0 Å². The molecule has 1 aromatic carbocycles. The lowest BCUT2D eigenvalue weighted by molar-refractivity contribution is 0.143. The monoisotopic (exact) mass is 213 g/mol. The Balaban J connectivity index is 1.97. The first-order valence-electron chi connectivity index (χ1n) is 5.51. The Hall–Kier alpha value is -1.39. The molecule has 16 heavy (non-hydrogen) atoms. The Morgan fingerprint density at radius 1 is 1.12 bits per heavy atom. The Morgan fingerprint density at radius 3 is 2.81 bits per heavy atom. The molecule has 4 heteroatoms. The van der Waals surface area contributed by atoms with E-state index in [1.54, 1.807) is 0 Å². The van der Waals surface area contributed by atoms with E-state index in [9.17, 15) is 0 Å². The second kappa shape index (κ2) is 4.24. The van der Waals surface area contributed by atoms with Gasteiger partial charge in [0.15, 0.2) is 0 Å². The van der Waals surface area contributed by atoms with Gasteiger partial charge in [0.2, 0.25) is 0 Å². The summed E-state index contributed by atoms with van der Waals surface area (Å²) >= 11 is 0. The van der Waals surface area contributed by atoms with Gasteiger partial charge in [0, 0.05) is 24.9 Å². The second-order valence-corrected chi connectivity index (χ2v) is 3.89. The standard InChI is InChI=1S/C12H12BNO2/c1-2-5-12-10(4-1)8-11(9-14-12)13-15-6-3-7-16-13/h1-2,4-5,8-9H,3,6-7H2. The van der Waals surface area contributed by atoms with E-state index in [1.165, 1.54) is 0 Å². The predicted molar refractivity (Wildman–Crippen MR) is 63.7 cm³/mol. The second-order valence-electron chi connectivity index (χ2n) is 3.89. The molecule has 0 unspecified atom stereocenters. The van der Waals surface area contributed by atoms with Gasteiger partial charge in [-0.15, -0.1) is 0 Å². The molecule has 0 amide bonds. The van der Waals surface area contributed by atoms with E-state index in [0.717, 1.165) is 36.0 Å². The van der Waals surface area contributed by atoms with Crippen molar-refractivity contribution in [3.63, 3.8) is 0 Å². The molecule has 1 aromatic heterocycles. The summed E-state index contributed by atoms with van der Waals surface area (Å²) in [5.74, 6) is 0. The van der Waals surface area contributed by atoms with Gasteiger partial charge in [-0.25, -0.2) is 0 Å². The van der Waals surface area contributed by atoms with Crippen molar-refractivity contribution >= 4 is 23.5 Å². The fourth-order valence-corrected chi connectivity index (χ4v) is 1.90. The number of para-hydroxylation sites is 1. The molecule has 2 heterocycles. The van der Waals surface area contributed by atoms with Gasteiger partial charge >= 0.3 is 7.12 Å². The molecule has 0 radical (unpaired) electrons. The highest BCUT2D eigenvalue weighted by atomic mass is 16.6. The van der Waals surface area contributed by atoms with Gasteiger partial charge in [-0.1, -0.05) is 24.3 Å². The minimum Gasteiger partial charge on any atom is -0.407 e. The van der Waals surface area contributed by atoms with Crippen molar-refractivity contribution in [1.82, 2.24) is 4.98 Å². The van der Waals surface area contributed by atoms with Crippen LogP contribution < -0.4 is 5.46 Å². The van der Waals surface area contributed by atoms with Crippen LogP contribution in [-0.2, 0) is 9.31 Å². The fraction of sp³-hybridized carbons (Fsp3) is 0.250. The topological polar surface area (TPSA) is 31.4 Å². The number of nitrogens with zero attached hydrogens (tertiary/aromatic N) is 1. The molecular formula is C12H12BNO2. The highest BCUT2D eigenvalue weighted by Gasteiger charge is 2.24. The highest BCUT2D eigenvalue weighted by molar-refractivity contribution is 6.61. The summed E-state index contributed by atoms with van der Waals surface area (Å²) in [6.45, 7) is 1.52. The Morgan fingerprint density at radius 2 is 1.94 bits per heavy atom. The summed E-state index contributed by atoms with van der Waals surface area (Å²) in [6.07, 6.45) is 2.80. The highest BCUT2D eigenvalue weighted by Crippen LogP contribution is 2.10. The Labute approximate surface area is 94.5 Å². The van der Waals surface area contributed by atoms with Crippen LogP contribution in [0.1, 0.15) is 6.42 Å². The minimum absolute atomic E-state index is 0.245. The quantitative estimate of drug-likeness (QED) is 0.670. The van der Waals surface area contributed by atoms with Crippen molar-refractivity contribution in [3.05, 3.63) is 36.5 Å². The lowest BCUT2D eigenvalue weighted by atomic mass is 9.78. The summed E-state index contributed by atoms with van der Waals surface area (Å²) in [6, 6.07) is 10.1. The van der Waals surface area contributed by atoms with Crippen molar-refractivity contribution in [2.45, 2.75) is 6.42 Å². The van der Waals surface area contributed by atoms with Crippen LogP contribution in [0.15, 0.2) is 36.5 Å². The number of benzene rings is 1. The minimum atomic E-state index is -0.245. The lowest BCUT2D eigenvalue weighted by Crippen LogP contribution is -2.41. The van der Waals surface area contributed by atoms with Gasteiger partial charge in [0.05, 0.1) is 5.52 Å². The van der Waals surface area contributed by atoms with Gasteiger partial charge in [-0.05, 0) is 17.9 Å². The maximum atomic E-state index is 5.55. The molecule has 3 rings (SSSR count). The summed E-state index contributed by atoms with van der Waals surface area (Å²) < 4.78 is 11.1. The van der Waals surface area contributed by atoms with Crippen molar-refractivity contribution in [2.24, 2.45) is 0 Å². The molecule has 0 atom stereocenters. The normalized spacial score (nSPS) is 16.6. The zero-order valence-corrected chi connectivity index (χ0v) is 8.93. The van der Waals surface area contributed by atoms with Crippen LogP contribution in [0.3, 0.4) is 0 Å². The smallest absolute Gasteiger partial charge is 0.407 e. The number of aromatic nitrogens is 1. The zero-order chi connectivity index (χ0) is 10.8. The number of rotatable bonds is 1. The lowest BCUT2D eigenvalue weighted by Gasteiger charge is -2.19. The molecule has 1 aliphatic rings. The average Bonchev–Trinajstić information content (AvgIpc) is 2.39. The van der Waals surface area contributed by atoms with Crippen molar-refractivity contribution in [2.75, 3.05) is 13.2 Å². The van der Waals surface area contributed by atoms with Crippen LogP contribution in [0.5, 0.6) is 0 Å². The largest absolute Gasteiger partial charge is 0.495 e. The fourth-order valence-electron chi connectivity index (χ4n) is 1.90. The van der Waals surface area contributed by atoms with Crippen LogP contribution in [0.25, 0.3) is 10.9 Å². The van der Waals surface area contributed by atoms with E-state index >= 15 is 0 Å². The molecule has 2 aromatic rings. The van der Waals surface area contributed by atoms with Gasteiger partial charge < -0.3 is 9.31 Å². The molecule has 1 saturated heterocycles. The van der Waals surface area contributed by atoms with Gasteiger partial charge in [-0.2, -0.15) is 0 Å². The first-order chi connectivity index (χ1) is 7.93. The zero-order valence-electron chi connectivity index (χ0n) is 8.93. The first-order valence-corrected chi connectivity index (χ1v) is 5.51. The Bertz CT molecular complexity index is 497. The molecule has 0 aliphatic carbocycles. The number of fused-ring (bicyclic) bond motifs is 1. The van der Waals surface area contributed by atoms with Crippen LogP contribution in [0, 0.1) is 0 Å². The number of pyridine rings is 1. The molecule has 3 nitrogen and oxygen atoms in total. The third-order valence-electron chi connectivity index (χ3n) is 2.71. The van der Waals surface area contributed by atoms with E-state index < -0.39 is 0 Å². The van der Waals surface area contributed by atoms with E-state index in [4.69, 9.17) is 9.31 Å². The molecule has 1 fully saturated rings. The average molecular weight is 213 g/mol. The third kappa shape index (κ3) is 1.82. The van der Waals surface area contributed by atoms with Crippen molar-refractivity contribution in [1.29, 1.82) is 0 Å². The van der Waals surface area contributed by atoms with Gasteiger partial charge in [0.25, 0.3) is 0 Å². The summed E-state index contributed by atoms with van der Waals surface area (Å²) in [7, 11) is -0.245. The van der Waals surface area contributed by atoms with E-state index in [-0.39, 0.29) is 7.12 Å². The molecular weight excluding hydrogens is 201 g/mol. The number of hydrogen-bond acceptors (Lipinski definition) is 3. The van der Waals surface area contributed by atoms with E-state index in [2.05, 4.69) is 17.1 Å². The first kappa shape index (κ1) is 9.81. The van der Waals surface area contributed by atoms with Gasteiger partial charge in [0.1, 0.15) is 0 Å². The summed E-state index contributed by atoms with van der Waals surface area (Å²) in [5, 5.41) is 1.12. The van der Waals surface area contributed by atoms with E-state index in [1.807, 2.05) is 24.4 Å². The number of hydrogen-bond donors (Lipinski definition) is 0. The van der Waals surface area contributed by atoms with E-state index in [0.29, 0.717) is 0 Å². The SMILES string of the molecule is c1ccc2ncc(B3OCCCO3)cc2c1. The van der Waals surface area contributed by atoms with Crippen LogP contribution in [-0.4, -0.2) is 25.3 Å². The van der Waals surface area contributed by atoms with Gasteiger partial charge in [-0.3, -0.25) is 4.98 Å². The molecule has 80 valence electrons. The van der Waals surface area contributed by atoms with Crippen LogP contribution >= 0.6 is 0 Å². The molecule has 0 spiro atoms. The molecule has 0 N–H and O–H groups in total. The summed E-state index contributed by atoms with van der Waals surface area (Å²) in [5.41, 5.74) is 2.00. The predicted octanol–water partition coefficient (Wildman–Crippen LogP) is 1.37. The summed E-state index contributed by atoms with van der Waals surface area (Å²) in [4.78, 5) is 4.40. The van der Waals surface area contributed by atoms with Crippen LogP contribution in [0.2, 0.25) is 0 Å². The molecule has 0 bridgehead atoms. The maximum Gasteiger partial charge on any atom is 0.495 e. The Kier molecular flexibility index (Phi) is 2.60. The maximum absolute atomic E-state index is 5.55.